The molecule has 1 aliphatic rings. The third-order valence-electron chi connectivity index (χ3n) is 4.65. The van der Waals surface area contributed by atoms with Crippen molar-refractivity contribution in [3.8, 4) is 0 Å². The molecule has 2 N–H and O–H groups in total. The number of benzene rings is 2. The highest BCUT2D eigenvalue weighted by atomic mass is 19.1. The number of urea groups is 1. The maximum absolute atomic E-state index is 14.6. The van der Waals surface area contributed by atoms with Crippen molar-refractivity contribution in [1.29, 1.82) is 0 Å². The number of amides is 2. The van der Waals surface area contributed by atoms with E-state index in [1.165, 1.54) is 24.7 Å². The Morgan fingerprint density at radius 1 is 1.00 bits per heavy atom. The molecule has 5 nitrogen and oxygen atoms in total. The maximum Gasteiger partial charge on any atom is 0.321 e. The molecule has 0 saturated carbocycles. The number of nitrogens with one attached hydrogen (secondary N) is 2. The molecule has 6 heteroatoms. The second kappa shape index (κ2) is 6.55. The molecule has 0 bridgehead atoms. The smallest absolute Gasteiger partial charge is 0.321 e. The van der Waals surface area contributed by atoms with Gasteiger partial charge in [0.05, 0.1) is 11.7 Å². The molecule has 1 heterocycles. The summed E-state index contributed by atoms with van der Waals surface area (Å²) in [4.78, 5) is 20.6. The van der Waals surface area contributed by atoms with Crippen molar-refractivity contribution in [1.82, 2.24) is 15.3 Å². The lowest BCUT2D eigenvalue weighted by Gasteiger charge is -2.31. The highest BCUT2D eigenvalue weighted by Gasteiger charge is 2.41. The Morgan fingerprint density at radius 3 is 2.35 bits per heavy atom. The van der Waals surface area contributed by atoms with Gasteiger partial charge in [0.15, 0.2) is 5.82 Å². The van der Waals surface area contributed by atoms with Crippen molar-refractivity contribution in [3.05, 3.63) is 89.6 Å². The third kappa shape index (κ3) is 3.01. The van der Waals surface area contributed by atoms with Crippen LogP contribution in [0.25, 0.3) is 0 Å². The second-order valence-corrected chi connectivity index (χ2v) is 6.35. The van der Waals surface area contributed by atoms with Gasteiger partial charge in [0.25, 0.3) is 0 Å². The average Bonchev–Trinajstić information content (AvgIpc) is 3.01. The van der Waals surface area contributed by atoms with Crippen molar-refractivity contribution in [2.75, 3.05) is 5.32 Å². The predicted molar refractivity (Wildman–Crippen MR) is 96.1 cm³/mol. The van der Waals surface area contributed by atoms with Crippen LogP contribution in [-0.4, -0.2) is 16.0 Å². The van der Waals surface area contributed by atoms with Gasteiger partial charge in [-0.2, -0.15) is 0 Å². The zero-order chi connectivity index (χ0) is 18.0. The molecule has 26 heavy (non-hydrogen) atoms. The molecule has 3 aromatic rings. The molecule has 4 rings (SSSR count). The van der Waals surface area contributed by atoms with Crippen molar-refractivity contribution >= 4 is 11.8 Å². The van der Waals surface area contributed by atoms with Gasteiger partial charge in [0, 0.05) is 30.8 Å². The molecule has 130 valence electrons. The van der Waals surface area contributed by atoms with Gasteiger partial charge >= 0.3 is 6.03 Å². The number of aromatic nitrogens is 2. The standard InChI is InChI=1S/C20H17FN4O/c21-17-8-4-3-7-16(17)20(11-14-5-1-2-6-15(14)12-20)25-19(26)24-18-13-22-9-10-23-18/h1-10,13H,11-12H2,(H2,23,24,25,26). The van der Waals surface area contributed by atoms with Gasteiger partial charge in [-0.15, -0.1) is 0 Å². The molecule has 2 aromatic carbocycles. The van der Waals surface area contributed by atoms with Gasteiger partial charge in [-0.05, 0) is 17.2 Å². The Bertz CT molecular complexity index is 920. The minimum absolute atomic E-state index is 0.333. The molecule has 0 spiro atoms. The number of carbonyl (C=O) groups is 1. The van der Waals surface area contributed by atoms with Crippen LogP contribution in [0.15, 0.2) is 67.1 Å². The first-order valence-corrected chi connectivity index (χ1v) is 8.33. The predicted octanol–water partition coefficient (Wildman–Crippen LogP) is 3.43. The molecule has 1 aromatic heterocycles. The number of nitrogens with zero attached hydrogens (tertiary/aromatic N) is 2. The largest absolute Gasteiger partial charge is 0.328 e. The van der Waals surface area contributed by atoms with Gasteiger partial charge in [0.1, 0.15) is 5.82 Å². The van der Waals surface area contributed by atoms with E-state index in [0.29, 0.717) is 24.2 Å². The molecular formula is C20H17FN4O. The van der Waals surface area contributed by atoms with E-state index in [0.717, 1.165) is 11.1 Å². The Hall–Kier alpha value is -3.28. The molecule has 2 amide bonds. The highest BCUT2D eigenvalue weighted by Crippen LogP contribution is 2.38. The molecule has 0 unspecified atom stereocenters. The molecule has 0 aliphatic heterocycles. The SMILES string of the molecule is O=C(Nc1cnccn1)NC1(c2ccccc2F)Cc2ccccc2C1. The number of hydrogen-bond acceptors (Lipinski definition) is 3. The number of fused-ring (bicyclic) bond motifs is 1. The Kier molecular flexibility index (Phi) is 4.08. The zero-order valence-electron chi connectivity index (χ0n) is 13.9. The molecule has 1 aliphatic carbocycles. The van der Waals surface area contributed by atoms with Crippen LogP contribution < -0.4 is 10.6 Å². The average molecular weight is 348 g/mol. The van der Waals surface area contributed by atoms with Crippen LogP contribution in [0.5, 0.6) is 0 Å². The van der Waals surface area contributed by atoms with E-state index in [2.05, 4.69) is 20.6 Å². The summed E-state index contributed by atoms with van der Waals surface area (Å²) in [5, 5.41) is 5.65. The molecule has 0 radical (unpaired) electrons. The van der Waals surface area contributed by atoms with Crippen LogP contribution in [0.3, 0.4) is 0 Å². The molecule has 0 saturated heterocycles. The van der Waals surface area contributed by atoms with Crippen molar-refractivity contribution in [3.63, 3.8) is 0 Å². The fourth-order valence-corrected chi connectivity index (χ4v) is 3.54. The van der Waals surface area contributed by atoms with Gasteiger partial charge in [-0.1, -0.05) is 42.5 Å². The van der Waals surface area contributed by atoms with E-state index >= 15 is 0 Å². The summed E-state index contributed by atoms with van der Waals surface area (Å²) in [7, 11) is 0. The lowest BCUT2D eigenvalue weighted by atomic mass is 9.86. The zero-order valence-corrected chi connectivity index (χ0v) is 13.9. The first kappa shape index (κ1) is 16.2. The minimum atomic E-state index is -0.846. The molecule has 0 atom stereocenters. The van der Waals surface area contributed by atoms with E-state index in [1.54, 1.807) is 18.2 Å². The van der Waals surface area contributed by atoms with E-state index in [9.17, 15) is 9.18 Å². The summed E-state index contributed by atoms with van der Waals surface area (Å²) in [6.07, 6.45) is 5.53. The van der Waals surface area contributed by atoms with Gasteiger partial charge in [-0.3, -0.25) is 10.3 Å². The van der Waals surface area contributed by atoms with Crippen LogP contribution in [0.4, 0.5) is 15.0 Å². The monoisotopic (exact) mass is 348 g/mol. The maximum atomic E-state index is 14.6. The Balaban J connectivity index is 1.67. The molecular weight excluding hydrogens is 331 g/mol. The normalized spacial score (nSPS) is 14.5. The van der Waals surface area contributed by atoms with Crippen molar-refractivity contribution in [2.24, 2.45) is 0 Å². The van der Waals surface area contributed by atoms with Crippen LogP contribution >= 0.6 is 0 Å². The number of carbonyl (C=O) groups excluding carboxylic acids is 1. The number of hydrogen-bond donors (Lipinski definition) is 2. The van der Waals surface area contributed by atoms with Gasteiger partial charge in [-0.25, -0.2) is 14.2 Å². The summed E-state index contributed by atoms with van der Waals surface area (Å²) in [6.45, 7) is 0. The topological polar surface area (TPSA) is 66.9 Å². The summed E-state index contributed by atoms with van der Waals surface area (Å²) in [5.74, 6) is 0.00398. The van der Waals surface area contributed by atoms with E-state index in [4.69, 9.17) is 0 Å². The number of anilines is 1. The Labute approximate surface area is 150 Å². The number of halogens is 1. The van der Waals surface area contributed by atoms with E-state index < -0.39 is 11.6 Å². The summed E-state index contributed by atoms with van der Waals surface area (Å²) >= 11 is 0. The van der Waals surface area contributed by atoms with E-state index in [1.807, 2.05) is 24.3 Å². The Morgan fingerprint density at radius 2 is 1.69 bits per heavy atom. The quantitative estimate of drug-likeness (QED) is 0.762. The first-order chi connectivity index (χ1) is 12.7. The summed E-state index contributed by atoms with van der Waals surface area (Å²) < 4.78 is 14.6. The summed E-state index contributed by atoms with van der Waals surface area (Å²) in [6, 6.07) is 14.1. The van der Waals surface area contributed by atoms with Crippen molar-refractivity contribution in [2.45, 2.75) is 18.4 Å². The third-order valence-corrected chi connectivity index (χ3v) is 4.65. The van der Waals surface area contributed by atoms with Gasteiger partial charge < -0.3 is 5.32 Å². The highest BCUT2D eigenvalue weighted by molar-refractivity contribution is 5.89. The second-order valence-electron chi connectivity index (χ2n) is 6.35. The van der Waals surface area contributed by atoms with Crippen LogP contribution in [0, 0.1) is 5.82 Å². The lowest BCUT2D eigenvalue weighted by molar-refractivity contribution is 0.236. The number of rotatable bonds is 3. The lowest BCUT2D eigenvalue weighted by Crippen LogP contribution is -2.49. The fourth-order valence-electron chi connectivity index (χ4n) is 3.54. The van der Waals surface area contributed by atoms with Crippen LogP contribution in [-0.2, 0) is 18.4 Å². The van der Waals surface area contributed by atoms with Crippen LogP contribution in [0.1, 0.15) is 16.7 Å². The first-order valence-electron chi connectivity index (χ1n) is 8.33. The minimum Gasteiger partial charge on any atom is -0.328 e. The van der Waals surface area contributed by atoms with E-state index in [-0.39, 0.29) is 5.82 Å². The molecule has 0 fully saturated rings. The summed E-state index contributed by atoms with van der Waals surface area (Å²) in [5.41, 5.74) is 1.85. The van der Waals surface area contributed by atoms with Crippen molar-refractivity contribution < 1.29 is 9.18 Å². The van der Waals surface area contributed by atoms with Gasteiger partial charge in [0.2, 0.25) is 0 Å². The van der Waals surface area contributed by atoms with Crippen LogP contribution in [0.2, 0.25) is 0 Å². The fraction of sp³-hybridized carbons (Fsp3) is 0.150.